The molecule has 0 bridgehead atoms. The van der Waals surface area contributed by atoms with Gasteiger partial charge in [-0.05, 0) is 55.0 Å². The largest absolute Gasteiger partial charge is 0.493 e. The molecule has 0 unspecified atom stereocenters. The number of aryl methyl sites for hydroxylation is 1. The van der Waals surface area contributed by atoms with Gasteiger partial charge < -0.3 is 10.1 Å². The van der Waals surface area contributed by atoms with E-state index >= 15 is 0 Å². The molecule has 1 N–H and O–H groups in total. The van der Waals surface area contributed by atoms with Crippen molar-refractivity contribution < 1.29 is 9.53 Å². The van der Waals surface area contributed by atoms with Crippen LogP contribution in [0.2, 0.25) is 5.02 Å². The second-order valence-corrected chi connectivity index (χ2v) is 5.86. The first kappa shape index (κ1) is 15.9. The Morgan fingerprint density at radius 3 is 2.62 bits per heavy atom. The summed E-state index contributed by atoms with van der Waals surface area (Å²) in [6.07, 6.45) is 0.289. The summed E-state index contributed by atoms with van der Waals surface area (Å²) in [4.78, 5) is 11.8. The summed E-state index contributed by atoms with van der Waals surface area (Å²) < 4.78 is 6.51. The number of halogens is 2. The number of rotatable bonds is 5. The minimum atomic E-state index is -0.0781. The number of carbonyl (C=O) groups is 1. The Kier molecular flexibility index (Phi) is 5.65. The number of hydrogen-bond acceptors (Lipinski definition) is 2. The highest BCUT2D eigenvalue weighted by Crippen LogP contribution is 2.20. The number of carbonyl (C=O) groups excluding carboxylic acids is 1. The van der Waals surface area contributed by atoms with Gasteiger partial charge in [0.15, 0.2) is 0 Å². The van der Waals surface area contributed by atoms with Crippen molar-refractivity contribution in [3.63, 3.8) is 0 Å². The summed E-state index contributed by atoms with van der Waals surface area (Å²) in [7, 11) is 0. The molecule has 2 aromatic rings. The summed E-state index contributed by atoms with van der Waals surface area (Å²) in [5.74, 6) is 0.623. The molecule has 0 aliphatic rings. The zero-order valence-electron chi connectivity index (χ0n) is 11.5. The molecule has 2 rings (SSSR count). The summed E-state index contributed by atoms with van der Waals surface area (Å²) in [6, 6.07) is 12.7. The molecular weight excluding hydrogens is 354 g/mol. The first-order valence-electron chi connectivity index (χ1n) is 6.49. The van der Waals surface area contributed by atoms with Gasteiger partial charge >= 0.3 is 0 Å². The average molecular weight is 369 g/mol. The Bertz CT molecular complexity index is 629. The SMILES string of the molecule is Cc1cc(NC(=O)CCOc2ccc(Cl)cc2)ccc1Br. The molecule has 0 aliphatic carbocycles. The normalized spacial score (nSPS) is 10.2. The smallest absolute Gasteiger partial charge is 0.227 e. The lowest BCUT2D eigenvalue weighted by atomic mass is 10.2. The summed E-state index contributed by atoms with van der Waals surface area (Å²) in [5, 5.41) is 3.50. The van der Waals surface area contributed by atoms with Crippen LogP contribution in [0.1, 0.15) is 12.0 Å². The van der Waals surface area contributed by atoms with Gasteiger partial charge in [0, 0.05) is 15.2 Å². The second kappa shape index (κ2) is 7.48. The van der Waals surface area contributed by atoms with Gasteiger partial charge in [-0.3, -0.25) is 4.79 Å². The van der Waals surface area contributed by atoms with E-state index in [0.29, 0.717) is 17.4 Å². The number of hydrogen-bond donors (Lipinski definition) is 1. The van der Waals surface area contributed by atoms with Crippen molar-refractivity contribution in [2.75, 3.05) is 11.9 Å². The molecule has 2 aromatic carbocycles. The lowest BCUT2D eigenvalue weighted by molar-refractivity contribution is -0.116. The zero-order chi connectivity index (χ0) is 15.2. The molecule has 110 valence electrons. The van der Waals surface area contributed by atoms with Crippen molar-refractivity contribution in [3.05, 3.63) is 57.5 Å². The third-order valence-electron chi connectivity index (χ3n) is 2.85. The second-order valence-electron chi connectivity index (χ2n) is 4.56. The highest BCUT2D eigenvalue weighted by atomic mass is 79.9. The fourth-order valence-electron chi connectivity index (χ4n) is 1.74. The molecule has 0 aromatic heterocycles. The lowest BCUT2D eigenvalue weighted by Crippen LogP contribution is -2.15. The molecular formula is C16H15BrClNO2. The van der Waals surface area contributed by atoms with Gasteiger partial charge in [0.05, 0.1) is 13.0 Å². The first-order chi connectivity index (χ1) is 10.0. The van der Waals surface area contributed by atoms with Crippen molar-refractivity contribution in [1.82, 2.24) is 0 Å². The quantitative estimate of drug-likeness (QED) is 0.822. The van der Waals surface area contributed by atoms with Crippen LogP contribution in [-0.4, -0.2) is 12.5 Å². The molecule has 0 spiro atoms. The van der Waals surface area contributed by atoms with E-state index in [9.17, 15) is 4.79 Å². The fourth-order valence-corrected chi connectivity index (χ4v) is 2.11. The molecule has 1 amide bonds. The molecule has 0 atom stereocenters. The Morgan fingerprint density at radius 1 is 1.24 bits per heavy atom. The topological polar surface area (TPSA) is 38.3 Å². The van der Waals surface area contributed by atoms with E-state index in [4.69, 9.17) is 16.3 Å². The van der Waals surface area contributed by atoms with E-state index in [-0.39, 0.29) is 12.3 Å². The van der Waals surface area contributed by atoms with Crippen LogP contribution < -0.4 is 10.1 Å². The Hall–Kier alpha value is -1.52. The van der Waals surface area contributed by atoms with E-state index in [1.807, 2.05) is 25.1 Å². The van der Waals surface area contributed by atoms with Gasteiger partial charge in [0.1, 0.15) is 5.75 Å². The number of ether oxygens (including phenoxy) is 1. The van der Waals surface area contributed by atoms with Crippen LogP contribution >= 0.6 is 27.5 Å². The van der Waals surface area contributed by atoms with Gasteiger partial charge in [-0.25, -0.2) is 0 Å². The third kappa shape index (κ3) is 5.06. The van der Waals surface area contributed by atoms with Crippen LogP contribution in [0.4, 0.5) is 5.69 Å². The van der Waals surface area contributed by atoms with E-state index in [0.717, 1.165) is 15.7 Å². The molecule has 21 heavy (non-hydrogen) atoms. The molecule has 5 heteroatoms. The molecule has 0 saturated carbocycles. The maximum absolute atomic E-state index is 11.8. The predicted molar refractivity (Wildman–Crippen MR) is 89.1 cm³/mol. The Balaban J connectivity index is 1.79. The van der Waals surface area contributed by atoms with Crippen LogP contribution in [0, 0.1) is 6.92 Å². The van der Waals surface area contributed by atoms with Gasteiger partial charge in [-0.1, -0.05) is 27.5 Å². The summed E-state index contributed by atoms with van der Waals surface area (Å²) in [6.45, 7) is 2.30. The third-order valence-corrected chi connectivity index (χ3v) is 3.99. The predicted octanol–water partition coefficient (Wildman–Crippen LogP) is 4.82. The van der Waals surface area contributed by atoms with Crippen LogP contribution in [-0.2, 0) is 4.79 Å². The van der Waals surface area contributed by atoms with Crippen molar-refractivity contribution in [2.45, 2.75) is 13.3 Å². The van der Waals surface area contributed by atoms with Gasteiger partial charge in [-0.15, -0.1) is 0 Å². The van der Waals surface area contributed by atoms with Gasteiger partial charge in [-0.2, -0.15) is 0 Å². The molecule has 3 nitrogen and oxygen atoms in total. The van der Waals surface area contributed by atoms with Crippen LogP contribution in [0.25, 0.3) is 0 Å². The van der Waals surface area contributed by atoms with E-state index < -0.39 is 0 Å². The number of benzene rings is 2. The van der Waals surface area contributed by atoms with E-state index in [1.165, 1.54) is 0 Å². The molecule has 0 heterocycles. The maximum atomic E-state index is 11.8. The van der Waals surface area contributed by atoms with E-state index in [2.05, 4.69) is 21.2 Å². The Morgan fingerprint density at radius 2 is 1.95 bits per heavy atom. The number of anilines is 1. The van der Waals surface area contributed by atoms with Crippen LogP contribution in [0.15, 0.2) is 46.9 Å². The molecule has 0 radical (unpaired) electrons. The number of nitrogens with one attached hydrogen (secondary N) is 1. The van der Waals surface area contributed by atoms with Crippen molar-refractivity contribution in [2.24, 2.45) is 0 Å². The summed E-state index contributed by atoms with van der Waals surface area (Å²) in [5.41, 5.74) is 1.86. The average Bonchev–Trinajstić information content (AvgIpc) is 2.45. The van der Waals surface area contributed by atoms with Crippen LogP contribution in [0.5, 0.6) is 5.75 Å². The standard InChI is InChI=1S/C16H15BrClNO2/c1-11-10-13(4-7-15(11)17)19-16(20)8-9-21-14-5-2-12(18)3-6-14/h2-7,10H,8-9H2,1H3,(H,19,20). The fraction of sp³-hybridized carbons (Fsp3) is 0.188. The highest BCUT2D eigenvalue weighted by molar-refractivity contribution is 9.10. The zero-order valence-corrected chi connectivity index (χ0v) is 13.9. The van der Waals surface area contributed by atoms with Gasteiger partial charge in [0.2, 0.25) is 5.91 Å². The molecule has 0 aliphatic heterocycles. The molecule has 0 saturated heterocycles. The van der Waals surface area contributed by atoms with Gasteiger partial charge in [0.25, 0.3) is 0 Å². The lowest BCUT2D eigenvalue weighted by Gasteiger charge is -2.08. The summed E-state index contributed by atoms with van der Waals surface area (Å²) >= 11 is 9.21. The molecule has 0 fully saturated rings. The van der Waals surface area contributed by atoms with Crippen molar-refractivity contribution in [1.29, 1.82) is 0 Å². The van der Waals surface area contributed by atoms with Crippen molar-refractivity contribution >= 4 is 39.1 Å². The monoisotopic (exact) mass is 367 g/mol. The first-order valence-corrected chi connectivity index (χ1v) is 7.66. The van der Waals surface area contributed by atoms with Crippen molar-refractivity contribution in [3.8, 4) is 5.75 Å². The van der Waals surface area contributed by atoms with E-state index in [1.54, 1.807) is 24.3 Å². The maximum Gasteiger partial charge on any atom is 0.227 e. The highest BCUT2D eigenvalue weighted by Gasteiger charge is 2.04. The number of amides is 1. The minimum Gasteiger partial charge on any atom is -0.493 e. The minimum absolute atomic E-state index is 0.0781. The van der Waals surface area contributed by atoms with Crippen LogP contribution in [0.3, 0.4) is 0 Å². The Labute approximate surface area is 137 Å².